The molecule has 1 saturated heterocycles. The third-order valence-electron chi connectivity index (χ3n) is 6.09. The van der Waals surface area contributed by atoms with Gasteiger partial charge >= 0.3 is 0 Å². The van der Waals surface area contributed by atoms with E-state index >= 15 is 0 Å². The van der Waals surface area contributed by atoms with Gasteiger partial charge in [-0.2, -0.15) is 0 Å². The third-order valence-corrected chi connectivity index (χ3v) is 6.09. The lowest BCUT2D eigenvalue weighted by Crippen LogP contribution is -2.63. The Hall–Kier alpha value is -4.27. The molecule has 1 aromatic heterocycles. The number of amides is 3. The molecule has 2 aromatic carbocycles. The van der Waals surface area contributed by atoms with Crippen molar-refractivity contribution in [2.45, 2.75) is 25.4 Å². The van der Waals surface area contributed by atoms with Crippen LogP contribution in [0.5, 0.6) is 5.75 Å². The van der Waals surface area contributed by atoms with Gasteiger partial charge in [0.2, 0.25) is 11.8 Å². The minimum absolute atomic E-state index is 0.0706. The molecule has 0 radical (unpaired) electrons. The second-order valence-electron chi connectivity index (χ2n) is 8.25. The zero-order valence-corrected chi connectivity index (χ0v) is 17.9. The van der Waals surface area contributed by atoms with Crippen LogP contribution < -0.4 is 10.2 Å². The lowest BCUT2D eigenvalue weighted by atomic mass is 9.98. The number of hydrogen-bond donors (Lipinski definition) is 2. The van der Waals surface area contributed by atoms with Crippen molar-refractivity contribution >= 4 is 29.1 Å². The molecule has 9 heteroatoms. The minimum atomic E-state index is -0.907. The Morgan fingerprint density at radius 1 is 1.12 bits per heavy atom. The molecule has 9 nitrogen and oxygen atoms in total. The zero-order valence-electron chi connectivity index (χ0n) is 17.9. The highest BCUT2D eigenvalue weighted by Crippen LogP contribution is 2.43. The average Bonchev–Trinajstić information content (AvgIpc) is 3.12. The van der Waals surface area contributed by atoms with Crippen LogP contribution in [0.2, 0.25) is 0 Å². The number of hydrogen-bond acceptors (Lipinski definition) is 6. The second-order valence-corrected chi connectivity index (χ2v) is 8.25. The number of carbonyl (C=O) groups is 3. The van der Waals surface area contributed by atoms with Crippen LogP contribution in [-0.2, 0) is 9.59 Å². The quantitative estimate of drug-likeness (QED) is 0.641. The monoisotopic (exact) mass is 443 g/mol. The molecule has 0 aliphatic carbocycles. The van der Waals surface area contributed by atoms with Crippen molar-refractivity contribution in [1.29, 1.82) is 0 Å². The molecule has 1 atom stereocenters. The normalized spacial score (nSPS) is 19.3. The van der Waals surface area contributed by atoms with Crippen molar-refractivity contribution in [2.75, 3.05) is 16.8 Å². The van der Waals surface area contributed by atoms with Gasteiger partial charge in [0.15, 0.2) is 5.82 Å². The average molecular weight is 443 g/mol. The second kappa shape index (κ2) is 7.70. The van der Waals surface area contributed by atoms with Gasteiger partial charge in [-0.15, -0.1) is 0 Å². The van der Waals surface area contributed by atoms with Crippen molar-refractivity contribution in [3.8, 4) is 17.1 Å². The molecule has 2 aliphatic rings. The van der Waals surface area contributed by atoms with Crippen molar-refractivity contribution in [3.63, 3.8) is 0 Å². The molecule has 2 aliphatic heterocycles. The summed E-state index contributed by atoms with van der Waals surface area (Å²) in [4.78, 5) is 50.3. The first-order valence-electron chi connectivity index (χ1n) is 10.5. The standard InChI is InChI=1S/C24H21N5O4/c1-24-10-9-21(32)29(24)19-8-3-2-7-18(19)23(33)28(24)14-20(31)27-16-12-25-22(26-13-16)15-5-4-6-17(30)11-15/h2-8,11-13,30H,9-10,14H2,1H3,(H,27,31). The Morgan fingerprint density at radius 2 is 1.88 bits per heavy atom. The summed E-state index contributed by atoms with van der Waals surface area (Å²) in [5.74, 6) is -0.269. The van der Waals surface area contributed by atoms with Crippen molar-refractivity contribution in [1.82, 2.24) is 14.9 Å². The van der Waals surface area contributed by atoms with Gasteiger partial charge in [0, 0.05) is 12.0 Å². The fourth-order valence-electron chi connectivity index (χ4n) is 4.47. The molecule has 1 fully saturated rings. The molecule has 166 valence electrons. The SMILES string of the molecule is CC12CCC(=O)N1c1ccccc1C(=O)N2CC(=O)Nc1cnc(-c2cccc(O)c2)nc1. The maximum atomic E-state index is 13.3. The molecule has 5 rings (SSSR count). The molecule has 1 unspecified atom stereocenters. The highest BCUT2D eigenvalue weighted by Gasteiger charge is 2.53. The van der Waals surface area contributed by atoms with E-state index in [9.17, 15) is 19.5 Å². The van der Waals surface area contributed by atoms with E-state index in [4.69, 9.17) is 0 Å². The van der Waals surface area contributed by atoms with Gasteiger partial charge in [0.1, 0.15) is 18.0 Å². The summed E-state index contributed by atoms with van der Waals surface area (Å²) in [5.41, 5.74) is 1.09. The summed E-state index contributed by atoms with van der Waals surface area (Å²) in [6, 6.07) is 13.5. The molecule has 0 spiro atoms. The molecule has 0 saturated carbocycles. The van der Waals surface area contributed by atoms with Crippen LogP contribution in [0.3, 0.4) is 0 Å². The first-order valence-corrected chi connectivity index (χ1v) is 10.5. The lowest BCUT2D eigenvalue weighted by Gasteiger charge is -2.48. The fourth-order valence-corrected chi connectivity index (χ4v) is 4.47. The summed E-state index contributed by atoms with van der Waals surface area (Å²) >= 11 is 0. The Labute approximate surface area is 189 Å². The number of benzene rings is 2. The molecule has 3 aromatic rings. The van der Waals surface area contributed by atoms with E-state index < -0.39 is 11.6 Å². The highest BCUT2D eigenvalue weighted by molar-refractivity contribution is 6.11. The van der Waals surface area contributed by atoms with E-state index in [1.165, 1.54) is 17.3 Å². The van der Waals surface area contributed by atoms with Crippen LogP contribution in [0.15, 0.2) is 60.9 Å². The highest BCUT2D eigenvalue weighted by atomic mass is 16.3. The fraction of sp³-hybridized carbons (Fsp3) is 0.208. The van der Waals surface area contributed by atoms with E-state index in [0.29, 0.717) is 41.2 Å². The van der Waals surface area contributed by atoms with Crippen LogP contribution in [0.4, 0.5) is 11.4 Å². The molecule has 3 amide bonds. The van der Waals surface area contributed by atoms with Gasteiger partial charge in [-0.1, -0.05) is 24.3 Å². The summed E-state index contributed by atoms with van der Waals surface area (Å²) in [6.07, 6.45) is 3.68. The topological polar surface area (TPSA) is 116 Å². The summed E-state index contributed by atoms with van der Waals surface area (Å²) in [5, 5.41) is 12.3. The molecule has 0 bridgehead atoms. The van der Waals surface area contributed by atoms with E-state index in [1.807, 2.05) is 6.92 Å². The van der Waals surface area contributed by atoms with Crippen LogP contribution >= 0.6 is 0 Å². The van der Waals surface area contributed by atoms with Gasteiger partial charge in [-0.25, -0.2) is 9.97 Å². The van der Waals surface area contributed by atoms with Gasteiger partial charge < -0.3 is 15.3 Å². The number of nitrogens with one attached hydrogen (secondary N) is 1. The number of aromatic hydroxyl groups is 1. The van der Waals surface area contributed by atoms with Gasteiger partial charge in [0.05, 0.1) is 29.3 Å². The van der Waals surface area contributed by atoms with Crippen LogP contribution in [0, 0.1) is 0 Å². The largest absolute Gasteiger partial charge is 0.508 e. The van der Waals surface area contributed by atoms with Crippen molar-refractivity contribution in [2.24, 2.45) is 0 Å². The summed E-state index contributed by atoms with van der Waals surface area (Å²) in [7, 11) is 0. The number of fused-ring (bicyclic) bond motifs is 3. The number of phenols is 1. The van der Waals surface area contributed by atoms with Gasteiger partial charge in [-0.05, 0) is 37.6 Å². The Balaban J connectivity index is 1.35. The maximum Gasteiger partial charge on any atom is 0.258 e. The van der Waals surface area contributed by atoms with Crippen molar-refractivity contribution in [3.05, 3.63) is 66.5 Å². The Kier molecular flexibility index (Phi) is 4.81. The maximum absolute atomic E-state index is 13.3. The molecular formula is C24H21N5O4. The van der Waals surface area contributed by atoms with Gasteiger partial charge in [0.25, 0.3) is 5.91 Å². The predicted octanol–water partition coefficient (Wildman–Crippen LogP) is 2.79. The number of phenolic OH excluding ortho intramolecular Hbond substituents is 1. The third kappa shape index (κ3) is 3.47. The Bertz CT molecular complexity index is 1280. The number of para-hydroxylation sites is 1. The van der Waals surface area contributed by atoms with Crippen LogP contribution in [0.1, 0.15) is 30.1 Å². The minimum Gasteiger partial charge on any atom is -0.508 e. The first kappa shape index (κ1) is 20.6. The van der Waals surface area contributed by atoms with E-state index in [0.717, 1.165) is 0 Å². The molecular weight excluding hydrogens is 422 g/mol. The summed E-state index contributed by atoms with van der Waals surface area (Å²) < 4.78 is 0. The molecule has 3 heterocycles. The first-order chi connectivity index (χ1) is 15.9. The van der Waals surface area contributed by atoms with E-state index in [1.54, 1.807) is 53.4 Å². The van der Waals surface area contributed by atoms with Crippen LogP contribution in [0.25, 0.3) is 11.4 Å². The number of aromatic nitrogens is 2. The number of nitrogens with zero attached hydrogens (tertiary/aromatic N) is 4. The van der Waals surface area contributed by atoms with Gasteiger partial charge in [-0.3, -0.25) is 19.3 Å². The van der Waals surface area contributed by atoms with Crippen LogP contribution in [-0.4, -0.2) is 49.9 Å². The molecule has 2 N–H and O–H groups in total. The number of carbonyl (C=O) groups excluding carboxylic acids is 3. The lowest BCUT2D eigenvalue weighted by molar-refractivity contribution is -0.120. The van der Waals surface area contributed by atoms with Crippen molar-refractivity contribution < 1.29 is 19.5 Å². The molecule has 33 heavy (non-hydrogen) atoms. The van der Waals surface area contributed by atoms with E-state index in [2.05, 4.69) is 15.3 Å². The Morgan fingerprint density at radius 3 is 2.64 bits per heavy atom. The number of anilines is 2. The smallest absolute Gasteiger partial charge is 0.258 e. The predicted molar refractivity (Wildman–Crippen MR) is 120 cm³/mol. The zero-order chi connectivity index (χ0) is 23.2. The van der Waals surface area contributed by atoms with E-state index in [-0.39, 0.29) is 24.1 Å². The summed E-state index contributed by atoms with van der Waals surface area (Å²) in [6.45, 7) is 1.59. The number of rotatable bonds is 4.